The quantitative estimate of drug-likeness (QED) is 0.881. The molecule has 3 heterocycles. The summed E-state index contributed by atoms with van der Waals surface area (Å²) in [7, 11) is 0. The number of nitrogens with zero attached hydrogens (tertiary/aromatic N) is 2. The third-order valence-corrected chi connectivity index (χ3v) is 3.34. The number of ether oxygens (including phenoxy) is 1. The fraction of sp³-hybridized carbons (Fsp3) is 0.500. The van der Waals surface area contributed by atoms with Crippen molar-refractivity contribution in [3.05, 3.63) is 30.1 Å². The van der Waals surface area contributed by atoms with Crippen molar-refractivity contribution >= 4 is 11.0 Å². The number of hydrogen-bond acceptors (Lipinski definition) is 3. The third kappa shape index (κ3) is 2.40. The Morgan fingerprint density at radius 1 is 1.39 bits per heavy atom. The summed E-state index contributed by atoms with van der Waals surface area (Å²) in [6.07, 6.45) is 2.45. The van der Waals surface area contributed by atoms with Crippen molar-refractivity contribution in [1.29, 1.82) is 0 Å². The average molecular weight is 245 g/mol. The van der Waals surface area contributed by atoms with Crippen LogP contribution in [-0.4, -0.2) is 40.2 Å². The summed E-state index contributed by atoms with van der Waals surface area (Å²) in [6.45, 7) is 7.19. The first-order valence-electron chi connectivity index (χ1n) is 6.51. The Morgan fingerprint density at radius 2 is 2.17 bits per heavy atom. The van der Waals surface area contributed by atoms with Crippen LogP contribution in [0.25, 0.3) is 11.0 Å². The van der Waals surface area contributed by atoms with E-state index in [1.54, 1.807) is 0 Å². The Hall–Kier alpha value is -1.39. The van der Waals surface area contributed by atoms with Crippen LogP contribution in [0.1, 0.15) is 19.5 Å². The molecule has 2 aromatic heterocycles. The first-order valence-corrected chi connectivity index (χ1v) is 6.51. The zero-order chi connectivity index (χ0) is 12.5. The molecular weight excluding hydrogens is 226 g/mol. The minimum atomic E-state index is 0.316. The zero-order valence-electron chi connectivity index (χ0n) is 10.9. The number of fused-ring (bicyclic) bond motifs is 1. The average Bonchev–Trinajstić information content (AvgIpc) is 2.69. The Kier molecular flexibility index (Phi) is 3.06. The van der Waals surface area contributed by atoms with Gasteiger partial charge in [-0.15, -0.1) is 0 Å². The van der Waals surface area contributed by atoms with E-state index in [0.717, 1.165) is 25.3 Å². The third-order valence-electron chi connectivity index (χ3n) is 3.34. The SMILES string of the molecule is CC1CN(Cc2cc3cccnc3[nH]2)CC(C)O1. The molecule has 0 radical (unpaired) electrons. The van der Waals surface area contributed by atoms with Gasteiger partial charge in [0.1, 0.15) is 5.65 Å². The monoisotopic (exact) mass is 245 g/mol. The van der Waals surface area contributed by atoms with Gasteiger partial charge in [-0.1, -0.05) is 0 Å². The van der Waals surface area contributed by atoms with Crippen molar-refractivity contribution < 1.29 is 4.74 Å². The molecule has 2 atom stereocenters. The molecule has 2 unspecified atom stereocenters. The maximum absolute atomic E-state index is 5.75. The maximum Gasteiger partial charge on any atom is 0.137 e. The number of H-pyrrole nitrogens is 1. The van der Waals surface area contributed by atoms with Gasteiger partial charge in [-0.25, -0.2) is 4.98 Å². The molecule has 0 amide bonds. The van der Waals surface area contributed by atoms with E-state index in [1.807, 2.05) is 12.3 Å². The predicted molar refractivity (Wildman–Crippen MR) is 71.4 cm³/mol. The molecule has 4 heteroatoms. The number of hydrogen-bond donors (Lipinski definition) is 1. The van der Waals surface area contributed by atoms with Crippen molar-refractivity contribution in [1.82, 2.24) is 14.9 Å². The van der Waals surface area contributed by atoms with Crippen LogP contribution in [0, 0.1) is 0 Å². The second-order valence-electron chi connectivity index (χ2n) is 5.19. The summed E-state index contributed by atoms with van der Waals surface area (Å²) >= 11 is 0. The molecule has 18 heavy (non-hydrogen) atoms. The standard InChI is InChI=1S/C14H19N3O/c1-10-7-17(8-11(2)18-10)9-13-6-12-4-3-5-15-14(12)16-13/h3-6,10-11H,7-9H2,1-2H3,(H,15,16). The topological polar surface area (TPSA) is 41.2 Å². The Bertz CT molecular complexity index is 494. The molecule has 3 rings (SSSR count). The van der Waals surface area contributed by atoms with Crippen molar-refractivity contribution in [2.45, 2.75) is 32.6 Å². The highest BCUT2D eigenvalue weighted by Gasteiger charge is 2.22. The van der Waals surface area contributed by atoms with Gasteiger partial charge >= 0.3 is 0 Å². The largest absolute Gasteiger partial charge is 0.373 e. The van der Waals surface area contributed by atoms with Crippen LogP contribution >= 0.6 is 0 Å². The number of rotatable bonds is 2. The fourth-order valence-corrected chi connectivity index (χ4v) is 2.75. The van der Waals surface area contributed by atoms with Crippen LogP contribution in [0.5, 0.6) is 0 Å². The first kappa shape index (κ1) is 11.7. The first-order chi connectivity index (χ1) is 8.70. The van der Waals surface area contributed by atoms with Crippen LogP contribution in [0.2, 0.25) is 0 Å². The van der Waals surface area contributed by atoms with Gasteiger partial charge in [-0.3, -0.25) is 4.90 Å². The Morgan fingerprint density at radius 3 is 2.89 bits per heavy atom. The van der Waals surface area contributed by atoms with Gasteiger partial charge in [-0.2, -0.15) is 0 Å². The zero-order valence-corrected chi connectivity index (χ0v) is 10.9. The number of morpholine rings is 1. The van der Waals surface area contributed by atoms with Crippen LogP contribution in [-0.2, 0) is 11.3 Å². The second kappa shape index (κ2) is 4.71. The maximum atomic E-state index is 5.75. The van der Waals surface area contributed by atoms with Gasteiger partial charge in [0.15, 0.2) is 0 Å². The highest BCUT2D eigenvalue weighted by atomic mass is 16.5. The molecule has 0 aliphatic carbocycles. The van der Waals surface area contributed by atoms with Gasteiger partial charge in [-0.05, 0) is 32.0 Å². The molecule has 1 aliphatic rings. The van der Waals surface area contributed by atoms with Gasteiger partial charge in [0.2, 0.25) is 0 Å². The molecule has 0 bridgehead atoms. The lowest BCUT2D eigenvalue weighted by Gasteiger charge is -2.34. The van der Waals surface area contributed by atoms with Gasteiger partial charge in [0.25, 0.3) is 0 Å². The lowest BCUT2D eigenvalue weighted by molar-refractivity contribution is -0.0707. The number of nitrogens with one attached hydrogen (secondary N) is 1. The Balaban J connectivity index is 1.75. The number of pyridine rings is 1. The molecule has 2 aromatic rings. The number of aromatic amines is 1. The van der Waals surface area contributed by atoms with E-state index in [1.165, 1.54) is 11.1 Å². The van der Waals surface area contributed by atoms with Gasteiger partial charge in [0, 0.05) is 36.9 Å². The summed E-state index contributed by atoms with van der Waals surface area (Å²) in [5.41, 5.74) is 2.20. The molecule has 1 saturated heterocycles. The van der Waals surface area contributed by atoms with E-state index in [4.69, 9.17) is 4.74 Å². The molecule has 1 aliphatic heterocycles. The minimum Gasteiger partial charge on any atom is -0.373 e. The van der Waals surface area contributed by atoms with Gasteiger partial charge in [0.05, 0.1) is 12.2 Å². The lowest BCUT2D eigenvalue weighted by atomic mass is 10.2. The summed E-state index contributed by atoms with van der Waals surface area (Å²) in [5, 5.41) is 1.18. The molecule has 1 fully saturated rings. The van der Waals surface area contributed by atoms with Crippen LogP contribution in [0.15, 0.2) is 24.4 Å². The highest BCUT2D eigenvalue weighted by Crippen LogP contribution is 2.17. The normalized spacial score (nSPS) is 25.7. The summed E-state index contributed by atoms with van der Waals surface area (Å²) < 4.78 is 5.75. The van der Waals surface area contributed by atoms with E-state index in [0.29, 0.717) is 12.2 Å². The van der Waals surface area contributed by atoms with Crippen LogP contribution in [0.3, 0.4) is 0 Å². The van der Waals surface area contributed by atoms with E-state index < -0.39 is 0 Å². The molecular formula is C14H19N3O. The summed E-state index contributed by atoms with van der Waals surface area (Å²) in [5.74, 6) is 0. The van der Waals surface area contributed by atoms with E-state index >= 15 is 0 Å². The molecule has 0 saturated carbocycles. The predicted octanol–water partition coefficient (Wildman–Crippen LogP) is 2.17. The van der Waals surface area contributed by atoms with Crippen molar-refractivity contribution in [2.24, 2.45) is 0 Å². The smallest absolute Gasteiger partial charge is 0.137 e. The fourth-order valence-electron chi connectivity index (χ4n) is 2.75. The van der Waals surface area contributed by atoms with Crippen molar-refractivity contribution in [2.75, 3.05) is 13.1 Å². The molecule has 1 N–H and O–H groups in total. The van der Waals surface area contributed by atoms with E-state index in [-0.39, 0.29) is 0 Å². The van der Waals surface area contributed by atoms with Crippen LogP contribution < -0.4 is 0 Å². The summed E-state index contributed by atoms with van der Waals surface area (Å²) in [6, 6.07) is 6.25. The van der Waals surface area contributed by atoms with Gasteiger partial charge < -0.3 is 9.72 Å². The minimum absolute atomic E-state index is 0.316. The summed E-state index contributed by atoms with van der Waals surface area (Å²) in [4.78, 5) is 10.1. The van der Waals surface area contributed by atoms with E-state index in [2.05, 4.69) is 40.8 Å². The molecule has 0 aromatic carbocycles. The molecule has 4 nitrogen and oxygen atoms in total. The molecule has 96 valence electrons. The molecule has 0 spiro atoms. The van der Waals surface area contributed by atoms with Crippen molar-refractivity contribution in [3.8, 4) is 0 Å². The Labute approximate surface area is 107 Å². The van der Waals surface area contributed by atoms with E-state index in [9.17, 15) is 0 Å². The second-order valence-corrected chi connectivity index (χ2v) is 5.19. The highest BCUT2D eigenvalue weighted by molar-refractivity contribution is 5.76. The van der Waals surface area contributed by atoms with Crippen molar-refractivity contribution in [3.63, 3.8) is 0 Å². The lowest BCUT2D eigenvalue weighted by Crippen LogP contribution is -2.44. The number of aromatic nitrogens is 2. The van der Waals surface area contributed by atoms with Crippen LogP contribution in [0.4, 0.5) is 0 Å².